The summed E-state index contributed by atoms with van der Waals surface area (Å²) in [7, 11) is 0. The molecule has 4 nitrogen and oxygen atoms in total. The largest absolute Gasteiger partial charge is 0.340 e. The number of hydrogen-bond donors (Lipinski definition) is 0. The minimum absolute atomic E-state index is 0.0972. The first-order valence-electron chi connectivity index (χ1n) is 7.39. The molecule has 1 aromatic rings. The Morgan fingerprint density at radius 3 is 2.29 bits per heavy atom. The van der Waals surface area contributed by atoms with E-state index in [0.29, 0.717) is 36.6 Å². The van der Waals surface area contributed by atoms with Gasteiger partial charge in [0.05, 0.1) is 6.54 Å². The van der Waals surface area contributed by atoms with E-state index in [0.717, 1.165) is 19.5 Å². The molecule has 0 N–H and O–H groups in total. The maximum Gasteiger partial charge on any atom is 0.222 e. The number of amides is 1. The molecule has 1 aromatic carbocycles. The van der Waals surface area contributed by atoms with Gasteiger partial charge >= 0.3 is 0 Å². The van der Waals surface area contributed by atoms with Crippen LogP contribution in [0.2, 0.25) is 5.02 Å². The summed E-state index contributed by atoms with van der Waals surface area (Å²) in [5.74, 6) is 0.321. The molecule has 1 aliphatic rings. The van der Waals surface area contributed by atoms with E-state index in [1.54, 1.807) is 24.3 Å². The van der Waals surface area contributed by atoms with Gasteiger partial charge in [-0.1, -0.05) is 18.5 Å². The first kappa shape index (κ1) is 16.0. The summed E-state index contributed by atoms with van der Waals surface area (Å²) in [6.07, 6.45) is 1.50. The first-order chi connectivity index (χ1) is 10.1. The Hall–Kier alpha value is -1.39. The van der Waals surface area contributed by atoms with E-state index in [4.69, 9.17) is 11.6 Å². The van der Waals surface area contributed by atoms with Crippen molar-refractivity contribution in [1.29, 1.82) is 0 Å². The van der Waals surface area contributed by atoms with Gasteiger partial charge in [0.25, 0.3) is 0 Å². The topological polar surface area (TPSA) is 40.6 Å². The zero-order chi connectivity index (χ0) is 15.2. The molecule has 0 saturated carbocycles. The maximum atomic E-state index is 12.2. The molecule has 114 valence electrons. The number of piperazine rings is 1. The van der Waals surface area contributed by atoms with Crippen molar-refractivity contribution in [2.24, 2.45) is 0 Å². The van der Waals surface area contributed by atoms with E-state index in [9.17, 15) is 9.59 Å². The highest BCUT2D eigenvalue weighted by molar-refractivity contribution is 6.30. The molecule has 2 rings (SSSR count). The number of halogens is 1. The van der Waals surface area contributed by atoms with Crippen LogP contribution < -0.4 is 0 Å². The van der Waals surface area contributed by atoms with Gasteiger partial charge in [0, 0.05) is 43.2 Å². The minimum Gasteiger partial charge on any atom is -0.340 e. The highest BCUT2D eigenvalue weighted by Crippen LogP contribution is 2.11. The van der Waals surface area contributed by atoms with Gasteiger partial charge in [-0.2, -0.15) is 0 Å². The molecule has 0 spiro atoms. The van der Waals surface area contributed by atoms with Gasteiger partial charge < -0.3 is 4.90 Å². The molecule has 5 heteroatoms. The highest BCUT2D eigenvalue weighted by atomic mass is 35.5. The fourth-order valence-corrected chi connectivity index (χ4v) is 2.58. The molecule has 0 unspecified atom stereocenters. The fourth-order valence-electron chi connectivity index (χ4n) is 2.46. The van der Waals surface area contributed by atoms with Crippen LogP contribution in [-0.2, 0) is 4.79 Å². The van der Waals surface area contributed by atoms with Crippen molar-refractivity contribution in [1.82, 2.24) is 9.80 Å². The van der Waals surface area contributed by atoms with Gasteiger partial charge in [0.1, 0.15) is 0 Å². The molecule has 1 heterocycles. The van der Waals surface area contributed by atoms with Crippen LogP contribution >= 0.6 is 11.6 Å². The number of ketones is 1. The smallest absolute Gasteiger partial charge is 0.222 e. The average Bonchev–Trinajstić information content (AvgIpc) is 2.49. The van der Waals surface area contributed by atoms with Crippen LogP contribution in [0.1, 0.15) is 30.1 Å². The van der Waals surface area contributed by atoms with E-state index in [1.165, 1.54) is 0 Å². The van der Waals surface area contributed by atoms with Crippen LogP contribution in [0.25, 0.3) is 0 Å². The van der Waals surface area contributed by atoms with Crippen LogP contribution in [0.3, 0.4) is 0 Å². The Bertz CT molecular complexity index is 494. The molecule has 0 aromatic heterocycles. The van der Waals surface area contributed by atoms with E-state index in [2.05, 4.69) is 4.90 Å². The van der Waals surface area contributed by atoms with Crippen molar-refractivity contribution in [3.05, 3.63) is 34.9 Å². The van der Waals surface area contributed by atoms with Crippen molar-refractivity contribution in [3.8, 4) is 0 Å². The average molecular weight is 309 g/mol. The molecule has 0 atom stereocenters. The first-order valence-corrected chi connectivity index (χ1v) is 7.77. The standard InChI is InChI=1S/C16H21ClN2O2/c1-2-3-16(21)19-10-8-18(9-11-19)12-15(20)13-4-6-14(17)7-5-13/h4-7H,2-3,8-12H2,1H3. The van der Waals surface area contributed by atoms with E-state index >= 15 is 0 Å². The third-order valence-corrected chi connectivity index (χ3v) is 3.97. The number of rotatable bonds is 5. The maximum absolute atomic E-state index is 12.2. The number of benzene rings is 1. The Morgan fingerprint density at radius 1 is 1.10 bits per heavy atom. The van der Waals surface area contributed by atoms with E-state index in [-0.39, 0.29) is 11.7 Å². The summed E-state index contributed by atoms with van der Waals surface area (Å²) in [4.78, 5) is 28.0. The second-order valence-corrected chi connectivity index (χ2v) is 5.77. The summed E-state index contributed by atoms with van der Waals surface area (Å²) >= 11 is 5.82. The third-order valence-electron chi connectivity index (χ3n) is 3.72. The lowest BCUT2D eigenvalue weighted by molar-refractivity contribution is -0.132. The lowest BCUT2D eigenvalue weighted by Gasteiger charge is -2.34. The molecule has 0 radical (unpaired) electrons. The lowest BCUT2D eigenvalue weighted by atomic mass is 10.1. The van der Waals surface area contributed by atoms with Crippen molar-refractivity contribution >= 4 is 23.3 Å². The predicted octanol–water partition coefficient (Wildman–Crippen LogP) is 2.47. The molecule has 1 amide bonds. The number of carbonyl (C=O) groups excluding carboxylic acids is 2. The number of hydrogen-bond acceptors (Lipinski definition) is 3. The molecule has 0 bridgehead atoms. The Labute approximate surface area is 130 Å². The van der Waals surface area contributed by atoms with Crippen LogP contribution in [0.4, 0.5) is 0 Å². The number of Topliss-reactive ketones (excluding diaryl/α,β-unsaturated/α-hetero) is 1. The number of nitrogens with zero attached hydrogens (tertiary/aromatic N) is 2. The molecule has 21 heavy (non-hydrogen) atoms. The predicted molar refractivity (Wildman–Crippen MR) is 83.7 cm³/mol. The lowest BCUT2D eigenvalue weighted by Crippen LogP contribution is -2.49. The van der Waals surface area contributed by atoms with E-state index in [1.807, 2.05) is 11.8 Å². The fraction of sp³-hybridized carbons (Fsp3) is 0.500. The Balaban J connectivity index is 1.82. The summed E-state index contributed by atoms with van der Waals surface area (Å²) in [5, 5.41) is 0.634. The monoisotopic (exact) mass is 308 g/mol. The zero-order valence-electron chi connectivity index (χ0n) is 12.3. The Kier molecular flexibility index (Phi) is 5.76. The van der Waals surface area contributed by atoms with Gasteiger partial charge in [-0.15, -0.1) is 0 Å². The van der Waals surface area contributed by atoms with Gasteiger partial charge in [0.15, 0.2) is 5.78 Å². The van der Waals surface area contributed by atoms with Gasteiger partial charge in [-0.3, -0.25) is 14.5 Å². The van der Waals surface area contributed by atoms with Gasteiger partial charge in [-0.25, -0.2) is 0 Å². The highest BCUT2D eigenvalue weighted by Gasteiger charge is 2.22. The summed E-state index contributed by atoms with van der Waals surface area (Å²) in [6, 6.07) is 6.98. The normalized spacial score (nSPS) is 16.0. The van der Waals surface area contributed by atoms with Crippen molar-refractivity contribution in [3.63, 3.8) is 0 Å². The van der Waals surface area contributed by atoms with Gasteiger partial charge in [-0.05, 0) is 30.7 Å². The van der Waals surface area contributed by atoms with Crippen LogP contribution in [0.5, 0.6) is 0 Å². The number of carbonyl (C=O) groups is 2. The summed E-state index contributed by atoms with van der Waals surface area (Å²) in [5.41, 5.74) is 0.684. The van der Waals surface area contributed by atoms with Gasteiger partial charge in [0.2, 0.25) is 5.91 Å². The molecular weight excluding hydrogens is 288 g/mol. The summed E-state index contributed by atoms with van der Waals surface area (Å²) in [6.45, 7) is 5.36. The second kappa shape index (κ2) is 7.57. The quantitative estimate of drug-likeness (QED) is 0.785. The van der Waals surface area contributed by atoms with Crippen molar-refractivity contribution in [2.75, 3.05) is 32.7 Å². The van der Waals surface area contributed by atoms with Crippen molar-refractivity contribution < 1.29 is 9.59 Å². The van der Waals surface area contributed by atoms with Crippen LogP contribution in [0, 0.1) is 0 Å². The van der Waals surface area contributed by atoms with Crippen molar-refractivity contribution in [2.45, 2.75) is 19.8 Å². The van der Waals surface area contributed by atoms with Crippen LogP contribution in [-0.4, -0.2) is 54.2 Å². The molecule has 0 aliphatic carbocycles. The third kappa shape index (κ3) is 4.55. The minimum atomic E-state index is 0.0972. The molecule has 1 fully saturated rings. The SMILES string of the molecule is CCCC(=O)N1CCN(CC(=O)c2ccc(Cl)cc2)CC1. The molecular formula is C16H21ClN2O2. The van der Waals surface area contributed by atoms with Crippen LogP contribution in [0.15, 0.2) is 24.3 Å². The zero-order valence-corrected chi connectivity index (χ0v) is 13.1. The molecule has 1 aliphatic heterocycles. The Morgan fingerprint density at radius 2 is 1.71 bits per heavy atom. The van der Waals surface area contributed by atoms with E-state index < -0.39 is 0 Å². The molecule has 1 saturated heterocycles. The second-order valence-electron chi connectivity index (χ2n) is 5.34. The summed E-state index contributed by atoms with van der Waals surface area (Å²) < 4.78 is 0.